The van der Waals surface area contributed by atoms with Crippen LogP contribution in [0.2, 0.25) is 10.0 Å². The first kappa shape index (κ1) is 23.1. The zero-order valence-electron chi connectivity index (χ0n) is 17.4. The van der Waals surface area contributed by atoms with E-state index in [2.05, 4.69) is 21.2 Å². The number of ether oxygens (including phenoxy) is 4. The molecule has 3 aromatic carbocycles. The molecule has 4 rings (SSSR count). The lowest BCUT2D eigenvalue weighted by Gasteiger charge is -2.16. The molecule has 0 aliphatic carbocycles. The summed E-state index contributed by atoms with van der Waals surface area (Å²) in [6.45, 7) is 4.31. The van der Waals surface area contributed by atoms with Crippen molar-refractivity contribution in [2.24, 2.45) is 0 Å². The van der Waals surface area contributed by atoms with Gasteiger partial charge in [-0.15, -0.1) is 0 Å². The molecule has 1 aliphatic heterocycles. The Bertz CT molecular complexity index is 1090. The third-order valence-electron chi connectivity index (χ3n) is 4.93. The normalized spacial score (nSPS) is 12.1. The monoisotopic (exact) mass is 537 g/mol. The Morgan fingerprint density at radius 3 is 2.47 bits per heavy atom. The fourth-order valence-corrected chi connectivity index (χ4v) is 4.28. The van der Waals surface area contributed by atoms with Crippen molar-refractivity contribution in [2.45, 2.75) is 26.6 Å². The van der Waals surface area contributed by atoms with Crippen LogP contribution in [0.4, 0.5) is 0 Å². The van der Waals surface area contributed by atoms with Gasteiger partial charge in [-0.2, -0.15) is 0 Å². The van der Waals surface area contributed by atoms with E-state index in [4.69, 9.17) is 42.1 Å². The molecule has 8 heteroatoms. The van der Waals surface area contributed by atoms with Gasteiger partial charge in [0.05, 0.1) is 6.61 Å². The summed E-state index contributed by atoms with van der Waals surface area (Å²) in [6.07, 6.45) is 0. The van der Waals surface area contributed by atoms with Crippen molar-refractivity contribution in [1.29, 1.82) is 0 Å². The van der Waals surface area contributed by atoms with Crippen molar-refractivity contribution < 1.29 is 18.9 Å². The van der Waals surface area contributed by atoms with Crippen LogP contribution in [-0.4, -0.2) is 13.4 Å². The maximum atomic E-state index is 6.26. The molecule has 0 bridgehead atoms. The van der Waals surface area contributed by atoms with Crippen molar-refractivity contribution in [2.75, 3.05) is 13.4 Å². The third-order valence-corrected chi connectivity index (χ3v) is 6.37. The molecule has 168 valence electrons. The fraction of sp³-hybridized carbons (Fsp3) is 0.250. The van der Waals surface area contributed by atoms with Crippen LogP contribution in [0.15, 0.2) is 53.0 Å². The molecule has 0 amide bonds. The van der Waals surface area contributed by atoms with Gasteiger partial charge in [0.2, 0.25) is 6.79 Å². The highest BCUT2D eigenvalue weighted by Gasteiger charge is 2.15. The van der Waals surface area contributed by atoms with E-state index >= 15 is 0 Å². The van der Waals surface area contributed by atoms with Crippen LogP contribution < -0.4 is 24.3 Å². The summed E-state index contributed by atoms with van der Waals surface area (Å²) in [6, 6.07) is 15.2. The summed E-state index contributed by atoms with van der Waals surface area (Å²) in [5.41, 5.74) is 2.91. The van der Waals surface area contributed by atoms with Gasteiger partial charge < -0.3 is 24.3 Å². The summed E-state index contributed by atoms with van der Waals surface area (Å²) in [5.74, 6) is 2.85. The largest absolute Gasteiger partial charge is 0.490 e. The zero-order chi connectivity index (χ0) is 22.5. The molecule has 0 aromatic heterocycles. The summed E-state index contributed by atoms with van der Waals surface area (Å²) in [7, 11) is 0. The van der Waals surface area contributed by atoms with E-state index in [1.165, 1.54) is 0 Å². The topological polar surface area (TPSA) is 49.0 Å². The van der Waals surface area contributed by atoms with Crippen LogP contribution in [0.5, 0.6) is 23.0 Å². The fourth-order valence-electron chi connectivity index (χ4n) is 3.31. The average Bonchev–Trinajstić information content (AvgIpc) is 3.24. The first-order chi connectivity index (χ1) is 15.5. The van der Waals surface area contributed by atoms with Gasteiger partial charge >= 0.3 is 0 Å². The highest BCUT2D eigenvalue weighted by Crippen LogP contribution is 2.36. The first-order valence-corrected chi connectivity index (χ1v) is 11.7. The first-order valence-electron chi connectivity index (χ1n) is 10.1. The molecule has 5 nitrogen and oxygen atoms in total. The van der Waals surface area contributed by atoms with Gasteiger partial charge in [0.15, 0.2) is 23.0 Å². The van der Waals surface area contributed by atoms with E-state index in [0.717, 1.165) is 32.7 Å². The summed E-state index contributed by atoms with van der Waals surface area (Å²) in [4.78, 5) is 0. The minimum Gasteiger partial charge on any atom is -0.490 e. The van der Waals surface area contributed by atoms with E-state index in [9.17, 15) is 0 Å². The summed E-state index contributed by atoms with van der Waals surface area (Å²) < 4.78 is 23.6. The van der Waals surface area contributed by atoms with Crippen molar-refractivity contribution in [3.8, 4) is 23.0 Å². The Hall–Kier alpha value is -2.12. The molecule has 0 unspecified atom stereocenters. The smallest absolute Gasteiger partial charge is 0.231 e. The van der Waals surface area contributed by atoms with E-state index in [1.807, 2.05) is 43.3 Å². The van der Waals surface area contributed by atoms with Crippen LogP contribution in [-0.2, 0) is 19.7 Å². The molecule has 0 spiro atoms. The average molecular weight is 539 g/mol. The molecule has 0 radical (unpaired) electrons. The van der Waals surface area contributed by atoms with Gasteiger partial charge in [-0.3, -0.25) is 0 Å². The maximum Gasteiger partial charge on any atom is 0.231 e. The van der Waals surface area contributed by atoms with Gasteiger partial charge in [0.1, 0.15) is 6.61 Å². The molecular formula is C24H22BrCl2NO4. The molecule has 0 saturated heterocycles. The molecule has 1 aliphatic rings. The van der Waals surface area contributed by atoms with E-state index in [-0.39, 0.29) is 13.4 Å². The molecular weight excluding hydrogens is 517 g/mol. The van der Waals surface area contributed by atoms with Gasteiger partial charge in [-0.25, -0.2) is 0 Å². The Balaban J connectivity index is 1.43. The molecule has 32 heavy (non-hydrogen) atoms. The molecule has 0 saturated carbocycles. The predicted octanol–water partition coefficient (Wildman–Crippen LogP) is 6.75. The zero-order valence-corrected chi connectivity index (χ0v) is 20.5. The SMILES string of the molecule is CCOc1cc(CNCc2ccc3c(c2)OCO3)c(Br)cc1OCc1c(Cl)cccc1Cl. The lowest BCUT2D eigenvalue weighted by molar-refractivity contribution is 0.174. The van der Waals surface area contributed by atoms with Crippen molar-refractivity contribution >= 4 is 39.1 Å². The second-order valence-electron chi connectivity index (χ2n) is 7.10. The van der Waals surface area contributed by atoms with Gasteiger partial charge in [-0.05, 0) is 54.4 Å². The molecule has 0 fully saturated rings. The highest BCUT2D eigenvalue weighted by atomic mass is 79.9. The van der Waals surface area contributed by atoms with Crippen LogP contribution in [0.25, 0.3) is 0 Å². The quantitative estimate of drug-likeness (QED) is 0.326. The van der Waals surface area contributed by atoms with E-state index in [0.29, 0.717) is 41.2 Å². The van der Waals surface area contributed by atoms with Crippen LogP contribution in [0.3, 0.4) is 0 Å². The number of hydrogen-bond donors (Lipinski definition) is 1. The second kappa shape index (κ2) is 10.7. The van der Waals surface area contributed by atoms with Gasteiger partial charge in [0, 0.05) is 33.2 Å². The van der Waals surface area contributed by atoms with Crippen molar-refractivity contribution in [3.63, 3.8) is 0 Å². The Kier molecular flexibility index (Phi) is 7.68. The van der Waals surface area contributed by atoms with Crippen LogP contribution in [0.1, 0.15) is 23.6 Å². The van der Waals surface area contributed by atoms with Gasteiger partial charge in [-0.1, -0.05) is 51.3 Å². The lowest BCUT2D eigenvalue weighted by atomic mass is 10.1. The minimum atomic E-state index is 0.243. The molecule has 0 atom stereocenters. The number of benzene rings is 3. The standard InChI is InChI=1S/C24H22BrCl2NO4/c1-2-29-23-9-16(12-28-11-15-6-7-21-22(8-15)32-14-31-21)18(25)10-24(23)30-13-17-19(26)4-3-5-20(17)27/h3-10,28H,2,11-14H2,1H3. The molecule has 1 N–H and O–H groups in total. The van der Waals surface area contributed by atoms with E-state index < -0.39 is 0 Å². The number of halogens is 3. The number of rotatable bonds is 9. The van der Waals surface area contributed by atoms with Crippen molar-refractivity contribution in [3.05, 3.63) is 79.7 Å². The minimum absolute atomic E-state index is 0.243. The molecule has 3 aromatic rings. The summed E-state index contributed by atoms with van der Waals surface area (Å²) >= 11 is 16.2. The lowest BCUT2D eigenvalue weighted by Crippen LogP contribution is -2.13. The number of hydrogen-bond acceptors (Lipinski definition) is 5. The Morgan fingerprint density at radius 1 is 0.938 bits per heavy atom. The number of fused-ring (bicyclic) bond motifs is 1. The van der Waals surface area contributed by atoms with Crippen LogP contribution in [0, 0.1) is 0 Å². The summed E-state index contributed by atoms with van der Waals surface area (Å²) in [5, 5.41) is 4.59. The predicted molar refractivity (Wildman–Crippen MR) is 129 cm³/mol. The second-order valence-corrected chi connectivity index (χ2v) is 8.77. The number of nitrogens with one attached hydrogen (secondary N) is 1. The molecule has 1 heterocycles. The van der Waals surface area contributed by atoms with Gasteiger partial charge in [0.25, 0.3) is 0 Å². The third kappa shape index (κ3) is 5.44. The Morgan fingerprint density at radius 2 is 1.69 bits per heavy atom. The van der Waals surface area contributed by atoms with Crippen LogP contribution >= 0.6 is 39.1 Å². The van der Waals surface area contributed by atoms with Crippen molar-refractivity contribution in [1.82, 2.24) is 5.32 Å². The Labute approximate surface area is 205 Å². The maximum absolute atomic E-state index is 6.26. The highest BCUT2D eigenvalue weighted by molar-refractivity contribution is 9.10. The van der Waals surface area contributed by atoms with E-state index in [1.54, 1.807) is 12.1 Å².